The van der Waals surface area contributed by atoms with Gasteiger partial charge in [0.15, 0.2) is 5.78 Å². The molecule has 3 nitrogen and oxygen atoms in total. The number of benzene rings is 2. The van der Waals surface area contributed by atoms with E-state index >= 15 is 0 Å². The summed E-state index contributed by atoms with van der Waals surface area (Å²) in [6.07, 6.45) is 0.754. The van der Waals surface area contributed by atoms with Gasteiger partial charge in [-0.3, -0.25) is 4.79 Å². The van der Waals surface area contributed by atoms with Crippen LogP contribution in [0.25, 0.3) is 10.8 Å². The molecule has 2 aromatic carbocycles. The van der Waals surface area contributed by atoms with Crippen LogP contribution in [0.1, 0.15) is 37.6 Å². The lowest BCUT2D eigenvalue weighted by Crippen LogP contribution is -2.25. The molecule has 0 aliphatic rings. The molecule has 0 saturated heterocycles. The zero-order chi connectivity index (χ0) is 15.5. The smallest absolute Gasteiger partial charge is 0.163 e. The number of carbonyl (C=O) groups is 1. The van der Waals surface area contributed by atoms with E-state index in [1.54, 1.807) is 14.0 Å². The Morgan fingerprint density at radius 1 is 1.14 bits per heavy atom. The molecule has 0 spiro atoms. The van der Waals surface area contributed by atoms with Crippen LogP contribution in [0, 0.1) is 0 Å². The highest BCUT2D eigenvalue weighted by atomic mass is 16.5. The summed E-state index contributed by atoms with van der Waals surface area (Å²) in [5, 5.41) is 2.05. The standard InChI is InChI=1S/C18H22O3/c1-13(19)15-10-9-14-7-5-6-8-16(14)17(15)21-12-11-18(2,3)20-4/h5-10H,11-12H2,1-4H3. The molecule has 2 rings (SSSR count). The highest BCUT2D eigenvalue weighted by Gasteiger charge is 2.18. The number of hydrogen-bond acceptors (Lipinski definition) is 3. The normalized spacial score (nSPS) is 11.6. The number of fused-ring (bicyclic) bond motifs is 1. The van der Waals surface area contributed by atoms with Crippen LogP contribution in [0.15, 0.2) is 36.4 Å². The van der Waals surface area contributed by atoms with Crippen molar-refractivity contribution in [1.82, 2.24) is 0 Å². The lowest BCUT2D eigenvalue weighted by molar-refractivity contribution is 0.00554. The topological polar surface area (TPSA) is 35.5 Å². The van der Waals surface area contributed by atoms with Crippen molar-refractivity contribution >= 4 is 16.6 Å². The molecule has 0 heterocycles. The minimum absolute atomic E-state index is 0.0155. The van der Waals surface area contributed by atoms with E-state index in [0.717, 1.165) is 17.2 Å². The van der Waals surface area contributed by atoms with Crippen LogP contribution in [0.2, 0.25) is 0 Å². The Balaban J connectivity index is 2.32. The Morgan fingerprint density at radius 3 is 2.52 bits per heavy atom. The molecule has 0 unspecified atom stereocenters. The summed E-state index contributed by atoms with van der Waals surface area (Å²) in [6.45, 7) is 6.11. The lowest BCUT2D eigenvalue weighted by atomic mass is 10.0. The third-order valence-electron chi connectivity index (χ3n) is 3.76. The van der Waals surface area contributed by atoms with Gasteiger partial charge in [0.25, 0.3) is 0 Å². The monoisotopic (exact) mass is 286 g/mol. The number of Topliss-reactive ketones (excluding diaryl/α,β-unsaturated/α-hetero) is 1. The van der Waals surface area contributed by atoms with Gasteiger partial charge < -0.3 is 9.47 Å². The maximum Gasteiger partial charge on any atom is 0.163 e. The molecular formula is C18H22O3. The van der Waals surface area contributed by atoms with Crippen molar-refractivity contribution in [3.8, 4) is 5.75 Å². The predicted molar refractivity (Wildman–Crippen MR) is 85.2 cm³/mol. The molecule has 0 atom stereocenters. The van der Waals surface area contributed by atoms with Gasteiger partial charge in [0.2, 0.25) is 0 Å². The van der Waals surface area contributed by atoms with Gasteiger partial charge in [-0.25, -0.2) is 0 Å². The van der Waals surface area contributed by atoms with Gasteiger partial charge in [-0.1, -0.05) is 30.3 Å². The summed E-state index contributed by atoms with van der Waals surface area (Å²) in [5.41, 5.74) is 0.393. The molecule has 0 fully saturated rings. The highest BCUT2D eigenvalue weighted by molar-refractivity contribution is 6.03. The van der Waals surface area contributed by atoms with Gasteiger partial charge in [-0.05, 0) is 32.2 Å². The lowest BCUT2D eigenvalue weighted by Gasteiger charge is -2.23. The molecule has 3 heteroatoms. The first-order valence-corrected chi connectivity index (χ1v) is 7.15. The Kier molecular flexibility index (Phi) is 4.63. The van der Waals surface area contributed by atoms with Gasteiger partial charge >= 0.3 is 0 Å². The van der Waals surface area contributed by atoms with E-state index in [-0.39, 0.29) is 11.4 Å². The van der Waals surface area contributed by atoms with Crippen molar-refractivity contribution in [2.45, 2.75) is 32.8 Å². The zero-order valence-corrected chi connectivity index (χ0v) is 13.1. The van der Waals surface area contributed by atoms with Crippen molar-refractivity contribution in [3.63, 3.8) is 0 Å². The summed E-state index contributed by atoms with van der Waals surface area (Å²) in [5.74, 6) is 0.689. The Morgan fingerprint density at radius 2 is 1.86 bits per heavy atom. The van der Waals surface area contributed by atoms with Crippen LogP contribution in [0.4, 0.5) is 0 Å². The minimum Gasteiger partial charge on any atom is -0.492 e. The highest BCUT2D eigenvalue weighted by Crippen LogP contribution is 2.30. The van der Waals surface area contributed by atoms with Crippen LogP contribution >= 0.6 is 0 Å². The second-order valence-electron chi connectivity index (χ2n) is 5.78. The summed E-state index contributed by atoms with van der Waals surface area (Å²) in [6, 6.07) is 11.7. The molecule has 112 valence electrons. The van der Waals surface area contributed by atoms with E-state index in [4.69, 9.17) is 9.47 Å². The molecule has 0 N–H and O–H groups in total. The van der Waals surface area contributed by atoms with E-state index < -0.39 is 0 Å². The number of rotatable bonds is 6. The summed E-state index contributed by atoms with van der Waals surface area (Å²) in [4.78, 5) is 11.8. The molecule has 0 amide bonds. The van der Waals surface area contributed by atoms with E-state index in [1.165, 1.54) is 0 Å². The molecule has 2 aromatic rings. The van der Waals surface area contributed by atoms with Crippen molar-refractivity contribution in [3.05, 3.63) is 42.0 Å². The van der Waals surface area contributed by atoms with Crippen LogP contribution in [0.3, 0.4) is 0 Å². The number of methoxy groups -OCH3 is 1. The molecular weight excluding hydrogens is 264 g/mol. The average Bonchev–Trinajstić information content (AvgIpc) is 2.47. The Bertz CT molecular complexity index is 644. The fourth-order valence-corrected chi connectivity index (χ4v) is 2.18. The summed E-state index contributed by atoms with van der Waals surface area (Å²) >= 11 is 0. The molecule has 0 radical (unpaired) electrons. The molecule has 0 aliphatic heterocycles. The SMILES string of the molecule is COC(C)(C)CCOc1c(C(C)=O)ccc2ccccc12. The van der Waals surface area contributed by atoms with Crippen molar-refractivity contribution in [2.24, 2.45) is 0 Å². The van der Waals surface area contributed by atoms with Crippen molar-refractivity contribution in [2.75, 3.05) is 13.7 Å². The van der Waals surface area contributed by atoms with Gasteiger partial charge in [0.1, 0.15) is 5.75 Å². The average molecular weight is 286 g/mol. The van der Waals surface area contributed by atoms with Crippen LogP contribution < -0.4 is 4.74 Å². The summed E-state index contributed by atoms with van der Waals surface area (Å²) in [7, 11) is 1.69. The maximum atomic E-state index is 11.8. The molecule has 0 aliphatic carbocycles. The number of carbonyl (C=O) groups excluding carboxylic acids is 1. The van der Waals surface area contributed by atoms with Crippen LogP contribution in [0.5, 0.6) is 5.75 Å². The van der Waals surface area contributed by atoms with Crippen LogP contribution in [-0.2, 0) is 4.74 Å². The molecule has 0 bridgehead atoms. The third kappa shape index (κ3) is 3.61. The first kappa shape index (κ1) is 15.5. The first-order valence-electron chi connectivity index (χ1n) is 7.15. The van der Waals surface area contributed by atoms with Gasteiger partial charge in [0.05, 0.1) is 17.8 Å². The number of ketones is 1. The number of hydrogen-bond donors (Lipinski definition) is 0. The Hall–Kier alpha value is -1.87. The maximum absolute atomic E-state index is 11.8. The quantitative estimate of drug-likeness (QED) is 0.745. The fraction of sp³-hybridized carbons (Fsp3) is 0.389. The van der Waals surface area contributed by atoms with E-state index in [1.807, 2.05) is 50.2 Å². The largest absolute Gasteiger partial charge is 0.492 e. The van der Waals surface area contributed by atoms with Crippen molar-refractivity contribution in [1.29, 1.82) is 0 Å². The van der Waals surface area contributed by atoms with E-state index in [9.17, 15) is 4.79 Å². The number of ether oxygens (including phenoxy) is 2. The Labute approximate surface area is 125 Å². The molecule has 0 aromatic heterocycles. The van der Waals surface area contributed by atoms with Gasteiger partial charge in [0, 0.05) is 18.9 Å². The van der Waals surface area contributed by atoms with Crippen LogP contribution in [-0.4, -0.2) is 25.1 Å². The second kappa shape index (κ2) is 6.27. The second-order valence-corrected chi connectivity index (χ2v) is 5.78. The zero-order valence-electron chi connectivity index (χ0n) is 13.1. The van der Waals surface area contributed by atoms with E-state index in [2.05, 4.69) is 0 Å². The first-order chi connectivity index (χ1) is 9.94. The molecule has 0 saturated carbocycles. The van der Waals surface area contributed by atoms with Gasteiger partial charge in [-0.2, -0.15) is 0 Å². The summed E-state index contributed by atoms with van der Waals surface area (Å²) < 4.78 is 11.3. The minimum atomic E-state index is -0.235. The van der Waals surface area contributed by atoms with Gasteiger partial charge in [-0.15, -0.1) is 0 Å². The predicted octanol–water partition coefficient (Wildman–Crippen LogP) is 4.24. The van der Waals surface area contributed by atoms with Crippen molar-refractivity contribution < 1.29 is 14.3 Å². The van der Waals surface area contributed by atoms with E-state index in [0.29, 0.717) is 17.9 Å². The molecule has 21 heavy (non-hydrogen) atoms. The fourth-order valence-electron chi connectivity index (χ4n) is 2.18. The third-order valence-corrected chi connectivity index (χ3v) is 3.76.